The van der Waals surface area contributed by atoms with E-state index in [1.807, 2.05) is 0 Å². The largest absolute Gasteiger partial charge is 0.467 e. The quantitative estimate of drug-likeness (QED) is 0.714. The Bertz CT molecular complexity index is 767. The molecule has 1 heterocycles. The van der Waals surface area contributed by atoms with Crippen LogP contribution in [0.5, 0.6) is 0 Å². The minimum atomic E-state index is -4.60. The smallest absolute Gasteiger partial charge is 0.442 e. The van der Waals surface area contributed by atoms with Crippen molar-refractivity contribution in [3.05, 3.63) is 35.4 Å². The van der Waals surface area contributed by atoms with E-state index < -0.39 is 23.9 Å². The molecule has 3 rings (SSSR count). The highest BCUT2D eigenvalue weighted by Crippen LogP contribution is 2.52. The van der Waals surface area contributed by atoms with E-state index in [4.69, 9.17) is 9.47 Å². The van der Waals surface area contributed by atoms with Crippen LogP contribution in [0.1, 0.15) is 24.0 Å². The normalized spacial score (nSPS) is 23.5. The highest BCUT2D eigenvalue weighted by atomic mass is 19.4. The molecule has 1 atom stereocenters. The van der Waals surface area contributed by atoms with E-state index in [0.717, 1.165) is 0 Å². The van der Waals surface area contributed by atoms with E-state index in [-0.39, 0.29) is 29.9 Å². The van der Waals surface area contributed by atoms with Gasteiger partial charge >= 0.3 is 17.8 Å². The van der Waals surface area contributed by atoms with E-state index in [1.54, 1.807) is 7.11 Å². The van der Waals surface area contributed by atoms with Gasteiger partial charge in [0, 0.05) is 25.0 Å². The maximum Gasteiger partial charge on any atom is 0.442 e. The van der Waals surface area contributed by atoms with Crippen LogP contribution in [0, 0.1) is 5.92 Å². The molecule has 10 heteroatoms. The summed E-state index contributed by atoms with van der Waals surface area (Å²) in [5.41, 5.74) is -2.01. The molecule has 1 aliphatic carbocycles. The maximum absolute atomic E-state index is 13.1. The average molecular weight is 399 g/mol. The van der Waals surface area contributed by atoms with Gasteiger partial charge in [-0.25, -0.2) is 4.79 Å². The molecule has 152 valence electrons. The van der Waals surface area contributed by atoms with Crippen molar-refractivity contribution in [1.29, 1.82) is 0 Å². The second-order valence-corrected chi connectivity index (χ2v) is 6.88. The molecule has 1 fully saturated rings. The Hall–Kier alpha value is -2.49. The summed E-state index contributed by atoms with van der Waals surface area (Å²) in [4.78, 5) is 24.3. The van der Waals surface area contributed by atoms with Gasteiger partial charge in [0.25, 0.3) is 0 Å². The van der Waals surface area contributed by atoms with Crippen LogP contribution < -0.4 is 5.32 Å². The predicted octanol–water partition coefficient (Wildman–Crippen LogP) is 2.49. The first-order valence-corrected chi connectivity index (χ1v) is 8.71. The topological polar surface area (TPSA) is 89.4 Å². The van der Waals surface area contributed by atoms with Crippen molar-refractivity contribution in [1.82, 2.24) is 5.32 Å². The van der Waals surface area contributed by atoms with E-state index in [0.29, 0.717) is 18.4 Å². The third-order valence-corrected chi connectivity index (χ3v) is 5.09. The van der Waals surface area contributed by atoms with Crippen molar-refractivity contribution in [2.24, 2.45) is 16.1 Å². The van der Waals surface area contributed by atoms with Gasteiger partial charge in [0.15, 0.2) is 0 Å². The van der Waals surface area contributed by atoms with Crippen molar-refractivity contribution < 1.29 is 32.2 Å². The maximum atomic E-state index is 13.1. The number of ether oxygens (including phenoxy) is 2. The summed E-state index contributed by atoms with van der Waals surface area (Å²) in [7, 11) is 2.78. The zero-order valence-electron chi connectivity index (χ0n) is 15.3. The Morgan fingerprint density at radius 1 is 1.21 bits per heavy atom. The highest BCUT2D eigenvalue weighted by molar-refractivity contribution is 5.86. The van der Waals surface area contributed by atoms with Gasteiger partial charge < -0.3 is 14.8 Å². The van der Waals surface area contributed by atoms with Gasteiger partial charge in [-0.2, -0.15) is 13.2 Å². The van der Waals surface area contributed by atoms with E-state index in [9.17, 15) is 22.8 Å². The lowest BCUT2D eigenvalue weighted by Crippen LogP contribution is -2.49. The molecule has 0 spiro atoms. The molecular weight excluding hydrogens is 379 g/mol. The summed E-state index contributed by atoms with van der Waals surface area (Å²) in [6.07, 6.45) is -3.31. The molecule has 0 aromatic heterocycles. The summed E-state index contributed by atoms with van der Waals surface area (Å²) >= 11 is 0. The molecule has 1 saturated carbocycles. The molecule has 1 amide bonds. The number of alkyl halides is 3. The van der Waals surface area contributed by atoms with Crippen molar-refractivity contribution in [3.8, 4) is 0 Å². The number of esters is 1. The molecular formula is C18H20F3N3O4. The Balaban J connectivity index is 1.65. The molecule has 0 bridgehead atoms. The third kappa shape index (κ3) is 3.87. The predicted molar refractivity (Wildman–Crippen MR) is 90.2 cm³/mol. The van der Waals surface area contributed by atoms with Gasteiger partial charge in [-0.15, -0.1) is 10.2 Å². The molecule has 0 radical (unpaired) electrons. The fourth-order valence-electron chi connectivity index (χ4n) is 3.15. The molecule has 7 nitrogen and oxygen atoms in total. The van der Waals surface area contributed by atoms with Gasteiger partial charge in [0.05, 0.1) is 13.2 Å². The molecule has 0 saturated heterocycles. The van der Waals surface area contributed by atoms with Crippen LogP contribution in [0.3, 0.4) is 0 Å². The van der Waals surface area contributed by atoms with Crippen LogP contribution in [-0.2, 0) is 31.1 Å². The zero-order valence-corrected chi connectivity index (χ0v) is 15.3. The van der Waals surface area contributed by atoms with Gasteiger partial charge in [0.1, 0.15) is 6.04 Å². The second kappa shape index (κ2) is 7.50. The monoisotopic (exact) mass is 399 g/mol. The molecule has 2 aliphatic rings. The first kappa shape index (κ1) is 20.2. The van der Waals surface area contributed by atoms with Crippen LogP contribution in [0.25, 0.3) is 0 Å². The SMILES string of the molecule is COC(=O)C(Cc1ccc(C2(C(F)(F)F)N=N2)cc1)NC(=O)C1CC(OC)C1. The molecule has 1 unspecified atom stereocenters. The number of amides is 1. The Morgan fingerprint density at radius 2 is 1.82 bits per heavy atom. The number of rotatable bonds is 7. The van der Waals surface area contributed by atoms with Crippen molar-refractivity contribution in [2.45, 2.75) is 43.2 Å². The van der Waals surface area contributed by atoms with Crippen molar-refractivity contribution in [2.75, 3.05) is 14.2 Å². The van der Waals surface area contributed by atoms with Gasteiger partial charge in [-0.1, -0.05) is 24.3 Å². The van der Waals surface area contributed by atoms with Crippen LogP contribution >= 0.6 is 0 Å². The number of hydrogen-bond donors (Lipinski definition) is 1. The van der Waals surface area contributed by atoms with Crippen molar-refractivity contribution in [3.63, 3.8) is 0 Å². The summed E-state index contributed by atoms with van der Waals surface area (Å²) in [6.45, 7) is 0. The van der Waals surface area contributed by atoms with E-state index >= 15 is 0 Å². The molecule has 1 aromatic rings. The summed E-state index contributed by atoms with van der Waals surface area (Å²) in [5, 5.41) is 8.97. The molecule has 1 aromatic carbocycles. The number of hydrogen-bond acceptors (Lipinski definition) is 6. The van der Waals surface area contributed by atoms with E-state index in [1.165, 1.54) is 31.4 Å². The molecule has 28 heavy (non-hydrogen) atoms. The Morgan fingerprint density at radius 3 is 2.29 bits per heavy atom. The number of methoxy groups -OCH3 is 2. The fraction of sp³-hybridized carbons (Fsp3) is 0.556. The summed E-state index contributed by atoms with van der Waals surface area (Å²) in [5.74, 6) is -1.13. The number of nitrogens with one attached hydrogen (secondary N) is 1. The lowest BCUT2D eigenvalue weighted by molar-refractivity contribution is -0.166. The van der Waals surface area contributed by atoms with Crippen molar-refractivity contribution >= 4 is 11.9 Å². The minimum absolute atomic E-state index is 0.0408. The number of halogens is 3. The summed E-state index contributed by atoms with van der Waals surface area (Å²) < 4.78 is 49.0. The number of carbonyl (C=O) groups excluding carboxylic acids is 2. The van der Waals surface area contributed by atoms with Gasteiger partial charge in [-0.3, -0.25) is 4.79 Å². The van der Waals surface area contributed by atoms with Gasteiger partial charge in [-0.05, 0) is 18.4 Å². The second-order valence-electron chi connectivity index (χ2n) is 6.88. The molecule has 1 aliphatic heterocycles. The Kier molecular flexibility index (Phi) is 5.42. The highest BCUT2D eigenvalue weighted by Gasteiger charge is 2.65. The first-order chi connectivity index (χ1) is 13.2. The molecule has 1 N–H and O–H groups in total. The Labute approximate surface area is 159 Å². The summed E-state index contributed by atoms with van der Waals surface area (Å²) in [6, 6.07) is 4.52. The lowest BCUT2D eigenvalue weighted by atomic mass is 9.81. The van der Waals surface area contributed by atoms with Crippen LogP contribution in [-0.4, -0.2) is 44.4 Å². The first-order valence-electron chi connectivity index (χ1n) is 8.71. The minimum Gasteiger partial charge on any atom is -0.467 e. The van der Waals surface area contributed by atoms with E-state index in [2.05, 4.69) is 15.5 Å². The van der Waals surface area contributed by atoms with Crippen LogP contribution in [0.4, 0.5) is 13.2 Å². The number of carbonyl (C=O) groups is 2. The third-order valence-electron chi connectivity index (χ3n) is 5.09. The number of nitrogens with zero attached hydrogens (tertiary/aromatic N) is 2. The lowest BCUT2D eigenvalue weighted by Gasteiger charge is -2.33. The van der Waals surface area contributed by atoms with Crippen LogP contribution in [0.15, 0.2) is 34.5 Å². The average Bonchev–Trinajstić information content (AvgIpc) is 3.42. The number of benzene rings is 1. The van der Waals surface area contributed by atoms with Gasteiger partial charge in [0.2, 0.25) is 5.91 Å². The fourth-order valence-corrected chi connectivity index (χ4v) is 3.15. The zero-order chi connectivity index (χ0) is 20.5. The van der Waals surface area contributed by atoms with Crippen LogP contribution in [0.2, 0.25) is 0 Å². The standard InChI is InChI=1S/C18H20F3N3O4/c1-27-13-8-11(9-13)15(25)22-14(16(26)28-2)7-10-3-5-12(6-4-10)17(23-24-17)18(19,20)21/h3-6,11,13-14H,7-9H2,1-2H3,(H,22,25).